The minimum Gasteiger partial charge on any atom is -0.371 e. The van der Waals surface area contributed by atoms with E-state index in [0.717, 1.165) is 48.4 Å². The number of ether oxygens (including phenoxy) is 1. The molecule has 0 saturated carbocycles. The van der Waals surface area contributed by atoms with Crippen LogP contribution in [0.2, 0.25) is 0 Å². The van der Waals surface area contributed by atoms with Crippen LogP contribution in [0.25, 0.3) is 16.9 Å². The molecule has 0 aliphatic carbocycles. The quantitative estimate of drug-likeness (QED) is 0.316. The number of carbonyl (C=O) groups is 1. The number of carbonyl (C=O) groups excluding carboxylic acids is 1. The summed E-state index contributed by atoms with van der Waals surface area (Å²) in [5.41, 5.74) is 3.87. The summed E-state index contributed by atoms with van der Waals surface area (Å²) in [7, 11) is -3.19. The highest BCUT2D eigenvalue weighted by atomic mass is 32.2. The molecular weight excluding hydrogens is 599 g/mol. The van der Waals surface area contributed by atoms with E-state index in [1.807, 2.05) is 22.8 Å². The highest BCUT2D eigenvalue weighted by Gasteiger charge is 2.35. The number of aromatic nitrogens is 3. The molecule has 1 unspecified atom stereocenters. The molecule has 2 aromatic carbocycles. The first-order chi connectivity index (χ1) is 21.7. The van der Waals surface area contributed by atoms with Gasteiger partial charge in [-0.3, -0.25) is 4.90 Å². The number of piperazine rings is 1. The van der Waals surface area contributed by atoms with E-state index in [1.165, 1.54) is 34.8 Å². The zero-order valence-electron chi connectivity index (χ0n) is 24.9. The molecule has 4 aromatic rings. The summed E-state index contributed by atoms with van der Waals surface area (Å²) in [6, 6.07) is 14.6. The van der Waals surface area contributed by atoms with E-state index >= 15 is 0 Å². The number of nitrogens with one attached hydrogen (secondary N) is 2. The molecule has 14 heteroatoms. The van der Waals surface area contributed by atoms with Gasteiger partial charge in [0.05, 0.1) is 18.5 Å². The lowest BCUT2D eigenvalue weighted by molar-refractivity contribution is 0.0303. The van der Waals surface area contributed by atoms with Crippen molar-refractivity contribution in [1.82, 2.24) is 23.8 Å². The van der Waals surface area contributed by atoms with Crippen LogP contribution < -0.4 is 15.5 Å². The average molecular weight is 635 g/mol. The van der Waals surface area contributed by atoms with Gasteiger partial charge in [0.15, 0.2) is 11.6 Å². The summed E-state index contributed by atoms with van der Waals surface area (Å²) >= 11 is 0. The zero-order valence-corrected chi connectivity index (χ0v) is 25.7. The Morgan fingerprint density at radius 3 is 2.20 bits per heavy atom. The number of amides is 2. The Labute approximate surface area is 260 Å². The van der Waals surface area contributed by atoms with E-state index in [1.54, 1.807) is 12.1 Å². The molecule has 3 saturated heterocycles. The Hall–Kier alpha value is -4.11. The second-order valence-electron chi connectivity index (χ2n) is 11.9. The van der Waals surface area contributed by atoms with Gasteiger partial charge >= 0.3 is 6.03 Å². The molecule has 2 N–H and O–H groups in total. The van der Waals surface area contributed by atoms with Gasteiger partial charge in [0.25, 0.3) is 0 Å². The van der Waals surface area contributed by atoms with E-state index in [9.17, 15) is 17.6 Å². The normalized spacial score (nSPS) is 20.9. The molecule has 2 amide bonds. The molecule has 2 atom stereocenters. The molecule has 3 aliphatic heterocycles. The van der Waals surface area contributed by atoms with Gasteiger partial charge in [-0.25, -0.2) is 27.1 Å². The molecular formula is C31H35FN8O4S. The summed E-state index contributed by atoms with van der Waals surface area (Å²) < 4.78 is 46.6. The lowest BCUT2D eigenvalue weighted by Crippen LogP contribution is -2.47. The van der Waals surface area contributed by atoms with E-state index in [0.29, 0.717) is 49.9 Å². The third kappa shape index (κ3) is 6.64. The van der Waals surface area contributed by atoms with Gasteiger partial charge in [0.2, 0.25) is 10.0 Å². The van der Waals surface area contributed by atoms with Crippen molar-refractivity contribution in [1.29, 1.82) is 0 Å². The fourth-order valence-electron chi connectivity index (χ4n) is 6.27. The first kappa shape index (κ1) is 29.6. The predicted molar refractivity (Wildman–Crippen MR) is 169 cm³/mol. The molecule has 12 nitrogen and oxygen atoms in total. The molecule has 5 heterocycles. The highest BCUT2D eigenvalue weighted by molar-refractivity contribution is 7.88. The number of nitrogens with zero attached hydrogens (tertiary/aromatic N) is 6. The molecule has 3 aliphatic rings. The Balaban J connectivity index is 1.12. The maximum atomic E-state index is 13.2. The summed E-state index contributed by atoms with van der Waals surface area (Å²) in [5.74, 6) is 1.04. The fraction of sp³-hybridized carbons (Fsp3) is 0.387. The van der Waals surface area contributed by atoms with E-state index in [-0.39, 0.29) is 18.0 Å². The molecule has 3 fully saturated rings. The van der Waals surface area contributed by atoms with Gasteiger partial charge in [-0.1, -0.05) is 0 Å². The number of hydrogen-bond acceptors (Lipinski definition) is 8. The van der Waals surface area contributed by atoms with Crippen LogP contribution >= 0.6 is 0 Å². The Kier molecular flexibility index (Phi) is 7.89. The van der Waals surface area contributed by atoms with E-state index in [4.69, 9.17) is 14.8 Å². The number of morpholine rings is 1. The van der Waals surface area contributed by atoms with Crippen molar-refractivity contribution in [2.45, 2.75) is 31.6 Å². The van der Waals surface area contributed by atoms with Gasteiger partial charge in [-0.05, 0) is 73.0 Å². The first-order valence-corrected chi connectivity index (χ1v) is 16.9. The third-order valence-corrected chi connectivity index (χ3v) is 9.86. The van der Waals surface area contributed by atoms with Gasteiger partial charge in [0, 0.05) is 68.9 Å². The van der Waals surface area contributed by atoms with E-state index in [2.05, 4.69) is 26.5 Å². The molecule has 0 radical (unpaired) electrons. The molecule has 7 rings (SSSR count). The summed E-state index contributed by atoms with van der Waals surface area (Å²) in [5, 5.41) is 10.4. The number of urea groups is 1. The Morgan fingerprint density at radius 2 is 1.58 bits per heavy atom. The van der Waals surface area contributed by atoms with Crippen molar-refractivity contribution in [3.05, 3.63) is 72.2 Å². The predicted octanol–water partition coefficient (Wildman–Crippen LogP) is 3.62. The number of rotatable bonds is 7. The lowest BCUT2D eigenvalue weighted by atomic mass is 10.2. The van der Waals surface area contributed by atoms with Gasteiger partial charge in [-0.2, -0.15) is 4.31 Å². The van der Waals surface area contributed by atoms with Crippen molar-refractivity contribution >= 4 is 38.8 Å². The standard InChI is InChI=1S/C31H35FN8O4S/c1-45(42,43)39-14-12-37(13-15-39)17-21-16-28-30(38-19-26-10-11-27(20-38)44-26)35-29(36-40(28)18-21)22-2-6-24(7-3-22)33-31(41)34-25-8-4-23(32)5-9-25/h2-9,16,18,26-27H,10-15,17,19-20H2,1H3,(H2,33,34,41)/t26-,27?/m1/s1. The number of benzene rings is 2. The number of sulfonamides is 1. The second kappa shape index (κ2) is 12.0. The Bertz CT molecular complexity index is 1800. The van der Waals surface area contributed by atoms with Crippen molar-refractivity contribution < 1.29 is 22.3 Å². The van der Waals surface area contributed by atoms with Crippen molar-refractivity contribution in [2.75, 3.05) is 61.1 Å². The van der Waals surface area contributed by atoms with Gasteiger partial charge in [-0.15, -0.1) is 5.10 Å². The van der Waals surface area contributed by atoms with Crippen LogP contribution in [0.15, 0.2) is 60.8 Å². The summed E-state index contributed by atoms with van der Waals surface area (Å²) in [4.78, 5) is 22.1. The molecule has 2 bridgehead atoms. The van der Waals surface area contributed by atoms with Crippen LogP contribution in [0.1, 0.15) is 18.4 Å². The number of anilines is 3. The first-order valence-electron chi connectivity index (χ1n) is 15.1. The smallest absolute Gasteiger partial charge is 0.323 e. The maximum Gasteiger partial charge on any atom is 0.323 e. The van der Waals surface area contributed by atoms with Crippen LogP contribution in [0, 0.1) is 5.82 Å². The fourth-order valence-corrected chi connectivity index (χ4v) is 7.10. The monoisotopic (exact) mass is 634 g/mol. The topological polar surface area (TPSA) is 124 Å². The Morgan fingerprint density at radius 1 is 0.956 bits per heavy atom. The van der Waals surface area contributed by atoms with Gasteiger partial charge in [0.1, 0.15) is 11.3 Å². The van der Waals surface area contributed by atoms with Crippen LogP contribution in [-0.4, -0.2) is 96.0 Å². The van der Waals surface area contributed by atoms with Crippen molar-refractivity contribution in [3.63, 3.8) is 0 Å². The van der Waals surface area contributed by atoms with Crippen LogP contribution in [0.3, 0.4) is 0 Å². The van der Waals surface area contributed by atoms with Crippen molar-refractivity contribution in [2.24, 2.45) is 0 Å². The number of fused-ring (bicyclic) bond motifs is 3. The summed E-state index contributed by atoms with van der Waals surface area (Å²) in [6.45, 7) is 4.51. The molecule has 45 heavy (non-hydrogen) atoms. The number of halogens is 1. The minimum absolute atomic E-state index is 0.189. The summed E-state index contributed by atoms with van der Waals surface area (Å²) in [6.07, 6.45) is 5.76. The minimum atomic E-state index is -3.19. The lowest BCUT2D eigenvalue weighted by Gasteiger charge is -2.33. The molecule has 0 spiro atoms. The molecule has 236 valence electrons. The maximum absolute atomic E-state index is 13.2. The third-order valence-electron chi connectivity index (χ3n) is 8.55. The average Bonchev–Trinajstić information content (AvgIpc) is 3.58. The van der Waals surface area contributed by atoms with Crippen LogP contribution in [0.4, 0.5) is 26.4 Å². The van der Waals surface area contributed by atoms with Gasteiger partial charge < -0.3 is 20.3 Å². The van der Waals surface area contributed by atoms with E-state index < -0.39 is 16.1 Å². The van der Waals surface area contributed by atoms with Crippen molar-refractivity contribution in [3.8, 4) is 11.4 Å². The number of hydrogen-bond donors (Lipinski definition) is 2. The zero-order chi connectivity index (χ0) is 31.1. The van der Waals surface area contributed by atoms with Crippen LogP contribution in [0.5, 0.6) is 0 Å². The van der Waals surface area contributed by atoms with Crippen LogP contribution in [-0.2, 0) is 21.3 Å². The second-order valence-corrected chi connectivity index (χ2v) is 13.9. The highest BCUT2D eigenvalue weighted by Crippen LogP contribution is 2.33. The molecule has 2 aromatic heterocycles. The largest absolute Gasteiger partial charge is 0.371 e. The SMILES string of the molecule is CS(=O)(=O)N1CCN(Cc2cc3c(N4CC5CC[C@H](C4)O5)nc(-c4ccc(NC(=O)Nc5ccc(F)cc5)cc4)nn3c2)CC1.